The van der Waals surface area contributed by atoms with Gasteiger partial charge in [0, 0.05) is 27.7 Å². The second kappa shape index (κ2) is 9.52. The molecule has 4 aromatic rings. The number of aryl methyl sites for hydroxylation is 1. The number of amidine groups is 1. The Bertz CT molecular complexity index is 1660. The summed E-state index contributed by atoms with van der Waals surface area (Å²) in [5.41, 5.74) is 12.4. The van der Waals surface area contributed by atoms with E-state index in [1.54, 1.807) is 0 Å². The third-order valence-electron chi connectivity index (χ3n) is 9.53. The van der Waals surface area contributed by atoms with Crippen LogP contribution in [0.4, 0.5) is 11.4 Å². The molecular weight excluding hydrogens is 486 g/mol. The average Bonchev–Trinajstić information content (AvgIpc) is 3.42. The van der Waals surface area contributed by atoms with Crippen molar-refractivity contribution >= 4 is 22.8 Å². The normalized spacial score (nSPS) is 17.9. The van der Waals surface area contributed by atoms with Crippen molar-refractivity contribution in [2.75, 3.05) is 9.91 Å². The third kappa shape index (κ3) is 3.40. The SMILES string of the molecule is C=C1c2cccc3c2N2C(=NN(c4ccccc4-c4cccc(CCCC)c4)C2C1(CC)CC)c1ccccc1-3. The number of rotatable bonds is 7. The van der Waals surface area contributed by atoms with E-state index in [-0.39, 0.29) is 11.6 Å². The first-order valence-electron chi connectivity index (χ1n) is 14.9. The molecule has 0 radical (unpaired) electrons. The molecule has 1 atom stereocenters. The number of nitrogens with zero attached hydrogens (tertiary/aromatic N) is 3. The fourth-order valence-electron chi connectivity index (χ4n) is 7.34. The van der Waals surface area contributed by atoms with Gasteiger partial charge in [0.2, 0.25) is 0 Å². The number of hydrogen-bond donors (Lipinski definition) is 0. The molecule has 0 aliphatic carbocycles. The predicted octanol–water partition coefficient (Wildman–Crippen LogP) is 9.52. The van der Waals surface area contributed by atoms with Crippen LogP contribution in [0.25, 0.3) is 27.8 Å². The van der Waals surface area contributed by atoms with Crippen LogP contribution >= 0.6 is 0 Å². The van der Waals surface area contributed by atoms with Crippen molar-refractivity contribution in [1.29, 1.82) is 0 Å². The standard InChI is InChI=1S/C37H37N3/c1-5-8-15-26-16-13-17-27(24-26)29-18-11-12-23-33(29)40-36-37(6-2,7-3)25(4)28-21-14-22-31-30-19-9-10-20-32(30)35(38-40)39(36)34(28)31/h9-14,16-24,36H,4-8,15H2,1-3H3. The Morgan fingerprint density at radius 1 is 0.750 bits per heavy atom. The van der Waals surface area contributed by atoms with Crippen molar-refractivity contribution in [3.05, 3.63) is 114 Å². The summed E-state index contributed by atoms with van der Waals surface area (Å²) in [5, 5.41) is 7.86. The highest BCUT2D eigenvalue weighted by Crippen LogP contribution is 2.60. The summed E-state index contributed by atoms with van der Waals surface area (Å²) in [6.45, 7) is 11.7. The van der Waals surface area contributed by atoms with Gasteiger partial charge < -0.3 is 0 Å². The van der Waals surface area contributed by atoms with Crippen molar-refractivity contribution in [1.82, 2.24) is 0 Å². The minimum atomic E-state index is -0.154. The highest BCUT2D eigenvalue weighted by Gasteiger charge is 2.56. The predicted molar refractivity (Wildman–Crippen MR) is 170 cm³/mol. The molecule has 3 aliphatic heterocycles. The van der Waals surface area contributed by atoms with Gasteiger partial charge in [-0.3, -0.25) is 4.90 Å². The number of hydrogen-bond acceptors (Lipinski definition) is 3. The highest BCUT2D eigenvalue weighted by molar-refractivity contribution is 6.23. The van der Waals surface area contributed by atoms with E-state index in [1.165, 1.54) is 63.0 Å². The van der Waals surface area contributed by atoms with Gasteiger partial charge in [-0.1, -0.05) is 119 Å². The molecule has 40 heavy (non-hydrogen) atoms. The first kappa shape index (κ1) is 24.9. The largest absolute Gasteiger partial charge is 0.299 e. The lowest BCUT2D eigenvalue weighted by atomic mass is 9.66. The molecule has 3 heteroatoms. The fraction of sp³-hybridized carbons (Fsp3) is 0.270. The van der Waals surface area contributed by atoms with Crippen molar-refractivity contribution in [2.24, 2.45) is 10.5 Å². The van der Waals surface area contributed by atoms with Gasteiger partial charge in [-0.15, -0.1) is 0 Å². The highest BCUT2D eigenvalue weighted by atomic mass is 15.6. The summed E-state index contributed by atoms with van der Waals surface area (Å²) >= 11 is 0. The number of unbranched alkanes of at least 4 members (excludes halogenated alkanes) is 1. The average molecular weight is 524 g/mol. The Balaban J connectivity index is 1.47. The van der Waals surface area contributed by atoms with Crippen LogP contribution in [0.15, 0.2) is 103 Å². The molecule has 0 bridgehead atoms. The van der Waals surface area contributed by atoms with Crippen molar-refractivity contribution < 1.29 is 0 Å². The number of hydrazone groups is 1. The van der Waals surface area contributed by atoms with Gasteiger partial charge in [0.25, 0.3) is 0 Å². The van der Waals surface area contributed by atoms with E-state index in [2.05, 4.69) is 122 Å². The molecule has 0 saturated heterocycles. The van der Waals surface area contributed by atoms with Crippen LogP contribution in [0, 0.1) is 5.41 Å². The molecule has 0 aromatic heterocycles. The Morgan fingerprint density at radius 2 is 1.43 bits per heavy atom. The van der Waals surface area contributed by atoms with E-state index in [9.17, 15) is 0 Å². The number of benzene rings is 4. The van der Waals surface area contributed by atoms with Crippen molar-refractivity contribution in [2.45, 2.75) is 59.0 Å². The fourth-order valence-corrected chi connectivity index (χ4v) is 7.34. The molecule has 3 nitrogen and oxygen atoms in total. The summed E-state index contributed by atoms with van der Waals surface area (Å²) < 4.78 is 0. The molecule has 3 aliphatic rings. The number of fused-ring (bicyclic) bond motifs is 3. The van der Waals surface area contributed by atoms with E-state index >= 15 is 0 Å². The quantitative estimate of drug-likeness (QED) is 0.240. The molecule has 7 rings (SSSR count). The minimum Gasteiger partial charge on any atom is -0.299 e. The van der Waals surface area contributed by atoms with Crippen molar-refractivity contribution in [3.63, 3.8) is 0 Å². The Hall–Kier alpha value is -4.11. The summed E-state index contributed by atoms with van der Waals surface area (Å²) in [7, 11) is 0. The summed E-state index contributed by atoms with van der Waals surface area (Å²) in [6.07, 6.45) is 5.51. The van der Waals surface area contributed by atoms with E-state index in [0.717, 1.165) is 30.8 Å². The number of para-hydroxylation sites is 2. The smallest absolute Gasteiger partial charge is 0.163 e. The van der Waals surface area contributed by atoms with E-state index in [4.69, 9.17) is 11.7 Å². The van der Waals surface area contributed by atoms with Crippen LogP contribution in [-0.2, 0) is 6.42 Å². The topological polar surface area (TPSA) is 18.8 Å². The summed E-state index contributed by atoms with van der Waals surface area (Å²) in [5.74, 6) is 1.05. The van der Waals surface area contributed by atoms with Crippen LogP contribution < -0.4 is 9.91 Å². The van der Waals surface area contributed by atoms with Crippen LogP contribution in [-0.4, -0.2) is 12.0 Å². The Labute approximate surface area is 238 Å². The zero-order chi connectivity index (χ0) is 27.4. The lowest BCUT2D eigenvalue weighted by molar-refractivity contribution is 0.289. The number of anilines is 2. The van der Waals surface area contributed by atoms with E-state index < -0.39 is 0 Å². The summed E-state index contributed by atoms with van der Waals surface area (Å²) in [4.78, 5) is 2.54. The molecule has 0 fully saturated rings. The lowest BCUT2D eigenvalue weighted by Crippen LogP contribution is -2.57. The van der Waals surface area contributed by atoms with Gasteiger partial charge in [-0.05, 0) is 54.0 Å². The van der Waals surface area contributed by atoms with Gasteiger partial charge in [0.05, 0.1) is 11.4 Å². The molecule has 0 spiro atoms. The molecular formula is C37H37N3. The van der Waals surface area contributed by atoms with Gasteiger partial charge in [0.1, 0.15) is 6.17 Å². The van der Waals surface area contributed by atoms with E-state index in [1.807, 2.05) is 0 Å². The maximum absolute atomic E-state index is 5.52. The second-order valence-corrected chi connectivity index (χ2v) is 11.4. The zero-order valence-electron chi connectivity index (χ0n) is 23.8. The van der Waals surface area contributed by atoms with Crippen LogP contribution in [0.1, 0.15) is 63.1 Å². The maximum Gasteiger partial charge on any atom is 0.163 e. The molecule has 4 aromatic carbocycles. The molecule has 200 valence electrons. The van der Waals surface area contributed by atoms with Gasteiger partial charge in [0.15, 0.2) is 5.84 Å². The summed E-state index contributed by atoms with van der Waals surface area (Å²) in [6, 6.07) is 33.4. The zero-order valence-corrected chi connectivity index (χ0v) is 23.8. The molecule has 0 N–H and O–H groups in total. The minimum absolute atomic E-state index is 0.0106. The molecule has 0 saturated carbocycles. The Kier molecular flexibility index (Phi) is 5.92. The first-order valence-corrected chi connectivity index (χ1v) is 14.9. The third-order valence-corrected chi connectivity index (χ3v) is 9.53. The van der Waals surface area contributed by atoms with Gasteiger partial charge in [-0.2, -0.15) is 5.10 Å². The maximum atomic E-state index is 5.52. The molecule has 3 heterocycles. The Morgan fingerprint density at radius 3 is 2.20 bits per heavy atom. The van der Waals surface area contributed by atoms with Gasteiger partial charge >= 0.3 is 0 Å². The monoisotopic (exact) mass is 523 g/mol. The lowest BCUT2D eigenvalue weighted by Gasteiger charge is -2.52. The molecule has 0 amide bonds. The second-order valence-electron chi connectivity index (χ2n) is 11.4. The van der Waals surface area contributed by atoms with Gasteiger partial charge in [-0.25, -0.2) is 5.01 Å². The van der Waals surface area contributed by atoms with Crippen LogP contribution in [0.5, 0.6) is 0 Å². The molecule has 1 unspecified atom stereocenters. The van der Waals surface area contributed by atoms with Crippen LogP contribution in [0.2, 0.25) is 0 Å². The van der Waals surface area contributed by atoms with Crippen molar-refractivity contribution in [3.8, 4) is 22.3 Å². The van der Waals surface area contributed by atoms with E-state index in [0.29, 0.717) is 0 Å². The first-order chi connectivity index (χ1) is 19.6. The van der Waals surface area contributed by atoms with Crippen LogP contribution in [0.3, 0.4) is 0 Å².